The molecule has 0 aliphatic carbocycles. The van der Waals surface area contributed by atoms with Gasteiger partial charge in [-0.25, -0.2) is 13.1 Å². The van der Waals surface area contributed by atoms with Crippen LogP contribution in [0.25, 0.3) is 0 Å². The first-order valence-corrected chi connectivity index (χ1v) is 10.1. The van der Waals surface area contributed by atoms with Crippen molar-refractivity contribution in [2.45, 2.75) is 31.0 Å². The lowest BCUT2D eigenvalue weighted by Crippen LogP contribution is -2.29. The Kier molecular flexibility index (Phi) is 5.32. The van der Waals surface area contributed by atoms with Crippen LogP contribution < -0.4 is 19.5 Å². The molecule has 1 aliphatic rings. The van der Waals surface area contributed by atoms with E-state index in [1.807, 2.05) is 0 Å². The second-order valence-corrected chi connectivity index (χ2v) is 8.62. The second kappa shape index (κ2) is 7.38. The smallest absolute Gasteiger partial charge is 0.246 e. The second-order valence-electron chi connectivity index (χ2n) is 6.42. The number of nitrogens with one attached hydrogen (secondary N) is 2. The fourth-order valence-corrected chi connectivity index (χ4v) is 3.87. The van der Waals surface area contributed by atoms with Crippen LogP contribution in [0.15, 0.2) is 47.4 Å². The number of amides is 1. The van der Waals surface area contributed by atoms with Crippen molar-refractivity contribution in [2.75, 3.05) is 11.9 Å². The molecule has 0 radical (unpaired) electrons. The highest BCUT2D eigenvalue weighted by Crippen LogP contribution is 2.40. The van der Waals surface area contributed by atoms with Crippen LogP contribution in [0.3, 0.4) is 0 Å². The fraction of sp³-hybridized carbons (Fsp3) is 0.278. The van der Waals surface area contributed by atoms with Gasteiger partial charge in [0.05, 0.1) is 4.90 Å². The lowest BCUT2D eigenvalue weighted by atomic mass is 10.2. The van der Waals surface area contributed by atoms with E-state index in [1.54, 1.807) is 44.2 Å². The van der Waals surface area contributed by atoms with E-state index < -0.39 is 15.8 Å². The van der Waals surface area contributed by atoms with Gasteiger partial charge in [0.2, 0.25) is 21.7 Å². The monoisotopic (exact) mass is 410 g/mol. The molecule has 1 aliphatic heterocycles. The molecular weight excluding hydrogens is 392 g/mol. The van der Waals surface area contributed by atoms with Crippen molar-refractivity contribution < 1.29 is 22.7 Å². The van der Waals surface area contributed by atoms with Crippen LogP contribution in [0.1, 0.15) is 20.3 Å². The maximum atomic E-state index is 12.2. The summed E-state index contributed by atoms with van der Waals surface area (Å²) in [5.41, 5.74) is 0.540. The molecule has 2 aromatic carbocycles. The Morgan fingerprint density at radius 3 is 2.59 bits per heavy atom. The van der Waals surface area contributed by atoms with Gasteiger partial charge < -0.3 is 14.8 Å². The average Bonchev–Trinajstić information content (AvgIpc) is 2.87. The van der Waals surface area contributed by atoms with Crippen LogP contribution in [-0.2, 0) is 14.8 Å². The van der Waals surface area contributed by atoms with Gasteiger partial charge in [-0.2, -0.15) is 0 Å². The van der Waals surface area contributed by atoms with E-state index in [-0.39, 0.29) is 23.8 Å². The molecule has 0 bridgehead atoms. The van der Waals surface area contributed by atoms with E-state index in [2.05, 4.69) is 10.0 Å². The maximum absolute atomic E-state index is 12.2. The minimum Gasteiger partial charge on any atom is -0.449 e. The zero-order valence-corrected chi connectivity index (χ0v) is 16.4. The lowest BCUT2D eigenvalue weighted by molar-refractivity contribution is -0.116. The van der Waals surface area contributed by atoms with E-state index in [1.165, 1.54) is 12.1 Å². The van der Waals surface area contributed by atoms with Gasteiger partial charge in [0.1, 0.15) is 0 Å². The number of hydrogen-bond donors (Lipinski definition) is 2. The molecule has 3 rings (SSSR count). The van der Waals surface area contributed by atoms with Crippen LogP contribution >= 0.6 is 11.6 Å². The number of halogens is 1. The Morgan fingerprint density at radius 2 is 1.85 bits per heavy atom. The Balaban J connectivity index is 1.54. The van der Waals surface area contributed by atoms with Crippen LogP contribution in [0.4, 0.5) is 5.69 Å². The third-order valence-corrected chi connectivity index (χ3v) is 5.38. The molecule has 0 saturated heterocycles. The van der Waals surface area contributed by atoms with Crippen LogP contribution in [0.2, 0.25) is 5.02 Å². The number of ether oxygens (including phenoxy) is 2. The number of fused-ring (bicyclic) bond motifs is 1. The van der Waals surface area contributed by atoms with Gasteiger partial charge >= 0.3 is 0 Å². The molecule has 0 spiro atoms. The van der Waals surface area contributed by atoms with Gasteiger partial charge in [-0.1, -0.05) is 17.7 Å². The average molecular weight is 411 g/mol. The number of benzene rings is 2. The van der Waals surface area contributed by atoms with Crippen LogP contribution in [-0.4, -0.2) is 26.7 Å². The van der Waals surface area contributed by atoms with E-state index in [9.17, 15) is 13.2 Å². The molecule has 0 saturated carbocycles. The van der Waals surface area contributed by atoms with Crippen molar-refractivity contribution in [1.29, 1.82) is 0 Å². The first-order valence-electron chi connectivity index (χ1n) is 8.22. The van der Waals surface area contributed by atoms with Crippen molar-refractivity contribution in [3.63, 3.8) is 0 Å². The largest absolute Gasteiger partial charge is 0.449 e. The Morgan fingerprint density at radius 1 is 1.11 bits per heavy atom. The van der Waals surface area contributed by atoms with E-state index in [0.29, 0.717) is 22.2 Å². The Labute approximate surface area is 162 Å². The van der Waals surface area contributed by atoms with Crippen LogP contribution in [0, 0.1) is 0 Å². The summed E-state index contributed by atoms with van der Waals surface area (Å²) in [5, 5.41) is 3.02. The first kappa shape index (κ1) is 19.5. The summed E-state index contributed by atoms with van der Waals surface area (Å²) >= 11 is 5.81. The van der Waals surface area contributed by atoms with Gasteiger partial charge in [0.25, 0.3) is 0 Å². The summed E-state index contributed by atoms with van der Waals surface area (Å²) in [6.45, 7) is 3.53. The van der Waals surface area contributed by atoms with Gasteiger partial charge in [-0.3, -0.25) is 4.79 Å². The zero-order valence-electron chi connectivity index (χ0n) is 14.8. The summed E-state index contributed by atoms with van der Waals surface area (Å²) in [7, 11) is -3.72. The van der Waals surface area contributed by atoms with Crippen LogP contribution in [0.5, 0.6) is 11.5 Å². The van der Waals surface area contributed by atoms with Gasteiger partial charge in [-0.15, -0.1) is 0 Å². The highest BCUT2D eigenvalue weighted by atomic mass is 35.5. The van der Waals surface area contributed by atoms with Gasteiger partial charge in [0, 0.05) is 43.6 Å². The van der Waals surface area contributed by atoms with E-state index in [4.69, 9.17) is 21.1 Å². The van der Waals surface area contributed by atoms with E-state index in [0.717, 1.165) is 0 Å². The predicted octanol–water partition coefficient (Wildman–Crippen LogP) is 3.15. The predicted molar refractivity (Wildman–Crippen MR) is 102 cm³/mol. The molecule has 7 nitrogen and oxygen atoms in total. The molecule has 0 fully saturated rings. The van der Waals surface area contributed by atoms with Gasteiger partial charge in [-0.05, 0) is 30.3 Å². The molecule has 1 amide bonds. The maximum Gasteiger partial charge on any atom is 0.246 e. The summed E-state index contributed by atoms with van der Waals surface area (Å²) in [4.78, 5) is 12.1. The molecule has 1 heterocycles. The summed E-state index contributed by atoms with van der Waals surface area (Å²) in [5.74, 6) is 0.0671. The highest BCUT2D eigenvalue weighted by Gasteiger charge is 2.31. The molecule has 2 aromatic rings. The number of anilines is 1. The number of rotatable bonds is 6. The van der Waals surface area contributed by atoms with Crippen molar-refractivity contribution in [2.24, 2.45) is 0 Å². The summed E-state index contributed by atoms with van der Waals surface area (Å²) in [6, 6.07) is 11.0. The zero-order chi connectivity index (χ0) is 19.7. The SMILES string of the molecule is CC1(C)Oc2ccc(NC(=O)CCNS(=O)(=O)c3cccc(Cl)c3)cc2O1. The molecule has 144 valence electrons. The van der Waals surface area contributed by atoms with Crippen molar-refractivity contribution in [3.8, 4) is 11.5 Å². The Bertz CT molecular complexity index is 975. The van der Waals surface area contributed by atoms with Crippen molar-refractivity contribution >= 4 is 33.2 Å². The molecule has 0 atom stereocenters. The molecule has 27 heavy (non-hydrogen) atoms. The van der Waals surface area contributed by atoms with Gasteiger partial charge in [0.15, 0.2) is 11.5 Å². The quantitative estimate of drug-likeness (QED) is 0.762. The van der Waals surface area contributed by atoms with Crippen molar-refractivity contribution in [1.82, 2.24) is 4.72 Å². The van der Waals surface area contributed by atoms with E-state index >= 15 is 0 Å². The first-order chi connectivity index (χ1) is 12.6. The minimum absolute atomic E-state index is 0.0280. The Hall–Kier alpha value is -2.29. The van der Waals surface area contributed by atoms with Crippen molar-refractivity contribution in [3.05, 3.63) is 47.5 Å². The molecule has 9 heteroatoms. The number of hydrogen-bond acceptors (Lipinski definition) is 5. The number of carbonyl (C=O) groups is 1. The number of sulfonamides is 1. The molecule has 0 unspecified atom stereocenters. The summed E-state index contributed by atoms with van der Waals surface area (Å²) < 4.78 is 38.0. The molecule has 0 aromatic heterocycles. The third-order valence-electron chi connectivity index (χ3n) is 3.69. The molecular formula is C18H19ClN2O5S. The molecule has 2 N–H and O–H groups in total. The minimum atomic E-state index is -3.72. The fourth-order valence-electron chi connectivity index (χ4n) is 2.54. The lowest BCUT2D eigenvalue weighted by Gasteiger charge is -2.16. The normalized spacial score (nSPS) is 14.8. The summed E-state index contributed by atoms with van der Waals surface area (Å²) in [6.07, 6.45) is -0.0280. The topological polar surface area (TPSA) is 93.7 Å². The highest BCUT2D eigenvalue weighted by molar-refractivity contribution is 7.89. The third kappa shape index (κ3) is 4.91. The standard InChI is InChI=1S/C18H19ClN2O5S/c1-18(2)25-15-7-6-13(11-16(15)26-18)21-17(22)8-9-20-27(23,24)14-5-3-4-12(19)10-14/h3-7,10-11,20H,8-9H2,1-2H3,(H,21,22). The number of carbonyl (C=O) groups excluding carboxylic acids is 1.